The highest BCUT2D eigenvalue weighted by molar-refractivity contribution is 7.99. The highest BCUT2D eigenvalue weighted by Crippen LogP contribution is 2.24. The van der Waals surface area contributed by atoms with Crippen LogP contribution in [0.3, 0.4) is 0 Å². The van der Waals surface area contributed by atoms with Crippen LogP contribution in [0.25, 0.3) is 0 Å². The predicted octanol–water partition coefficient (Wildman–Crippen LogP) is 2.83. The van der Waals surface area contributed by atoms with Crippen LogP contribution < -0.4 is 10.2 Å². The summed E-state index contributed by atoms with van der Waals surface area (Å²) in [5.74, 6) is 2.50. The molecular formula is C14H20N2OS. The number of hydrogen-bond donors (Lipinski definition) is 1. The number of nitrogens with one attached hydrogen (secondary N) is 1. The molecule has 18 heavy (non-hydrogen) atoms. The van der Waals surface area contributed by atoms with Crippen LogP contribution in [-0.4, -0.2) is 31.5 Å². The Hall–Kier alpha value is -1.16. The maximum Gasteiger partial charge on any atom is 0.228 e. The molecule has 1 aliphatic heterocycles. The average molecular weight is 264 g/mol. The van der Waals surface area contributed by atoms with Crippen molar-refractivity contribution in [2.24, 2.45) is 5.92 Å². The molecule has 1 unspecified atom stereocenters. The van der Waals surface area contributed by atoms with Crippen LogP contribution in [0, 0.1) is 5.92 Å². The SMILES string of the molecule is CN(C)c1ccc(NC(=O)C2CCCSC2)cc1. The lowest BCUT2D eigenvalue weighted by atomic mass is 10.0. The van der Waals surface area contributed by atoms with Gasteiger partial charge in [-0.3, -0.25) is 4.79 Å². The second-order valence-electron chi connectivity index (χ2n) is 4.84. The van der Waals surface area contributed by atoms with Crippen molar-refractivity contribution in [3.8, 4) is 0 Å². The number of carbonyl (C=O) groups is 1. The second-order valence-corrected chi connectivity index (χ2v) is 5.99. The summed E-state index contributed by atoms with van der Waals surface area (Å²) in [6.07, 6.45) is 2.18. The number of thioether (sulfide) groups is 1. The van der Waals surface area contributed by atoms with Crippen molar-refractivity contribution in [1.82, 2.24) is 0 Å². The highest BCUT2D eigenvalue weighted by atomic mass is 32.2. The summed E-state index contributed by atoms with van der Waals surface area (Å²) in [6, 6.07) is 7.96. The Balaban J connectivity index is 1.94. The fourth-order valence-electron chi connectivity index (χ4n) is 2.03. The van der Waals surface area contributed by atoms with E-state index in [0.717, 1.165) is 30.0 Å². The number of anilines is 2. The van der Waals surface area contributed by atoms with E-state index in [9.17, 15) is 4.79 Å². The molecule has 3 nitrogen and oxygen atoms in total. The summed E-state index contributed by atoms with van der Waals surface area (Å²) < 4.78 is 0. The van der Waals surface area contributed by atoms with Crippen molar-refractivity contribution in [3.63, 3.8) is 0 Å². The first-order chi connectivity index (χ1) is 8.66. The molecule has 4 heteroatoms. The van der Waals surface area contributed by atoms with Gasteiger partial charge in [-0.05, 0) is 42.9 Å². The van der Waals surface area contributed by atoms with E-state index < -0.39 is 0 Å². The number of hydrogen-bond acceptors (Lipinski definition) is 3. The van der Waals surface area contributed by atoms with E-state index >= 15 is 0 Å². The first kappa shape index (κ1) is 13.3. The van der Waals surface area contributed by atoms with Crippen LogP contribution >= 0.6 is 11.8 Å². The molecule has 1 fully saturated rings. The lowest BCUT2D eigenvalue weighted by Gasteiger charge is -2.20. The monoisotopic (exact) mass is 264 g/mol. The number of amides is 1. The van der Waals surface area contributed by atoms with Gasteiger partial charge in [0.2, 0.25) is 5.91 Å². The Morgan fingerprint density at radius 2 is 2.06 bits per heavy atom. The molecule has 1 atom stereocenters. The van der Waals surface area contributed by atoms with Crippen molar-refractivity contribution in [1.29, 1.82) is 0 Å². The largest absolute Gasteiger partial charge is 0.378 e. The summed E-state index contributed by atoms with van der Waals surface area (Å²) in [6.45, 7) is 0. The van der Waals surface area contributed by atoms with E-state index in [1.165, 1.54) is 5.75 Å². The minimum Gasteiger partial charge on any atom is -0.378 e. The molecule has 0 saturated carbocycles. The van der Waals surface area contributed by atoms with E-state index in [2.05, 4.69) is 5.32 Å². The van der Waals surface area contributed by atoms with Crippen LogP contribution in [0.2, 0.25) is 0 Å². The molecular weight excluding hydrogens is 244 g/mol. The Kier molecular flexibility index (Phi) is 4.53. The van der Waals surface area contributed by atoms with Crippen LogP contribution in [0.4, 0.5) is 11.4 Å². The summed E-state index contributed by atoms with van der Waals surface area (Å²) >= 11 is 1.88. The van der Waals surface area contributed by atoms with Gasteiger partial charge in [0.05, 0.1) is 0 Å². The van der Waals surface area contributed by atoms with Gasteiger partial charge in [0.1, 0.15) is 0 Å². The zero-order chi connectivity index (χ0) is 13.0. The zero-order valence-electron chi connectivity index (χ0n) is 11.0. The molecule has 1 aromatic carbocycles. The Morgan fingerprint density at radius 3 is 2.61 bits per heavy atom. The smallest absolute Gasteiger partial charge is 0.228 e. The van der Waals surface area contributed by atoms with Crippen molar-refractivity contribution >= 4 is 29.0 Å². The lowest BCUT2D eigenvalue weighted by Crippen LogP contribution is -2.27. The first-order valence-corrected chi connectivity index (χ1v) is 7.48. The van der Waals surface area contributed by atoms with Gasteiger partial charge in [-0.1, -0.05) is 0 Å². The van der Waals surface area contributed by atoms with Crippen LogP contribution in [0.15, 0.2) is 24.3 Å². The Bertz CT molecular complexity index is 397. The van der Waals surface area contributed by atoms with Gasteiger partial charge < -0.3 is 10.2 Å². The molecule has 1 heterocycles. The molecule has 1 amide bonds. The molecule has 0 spiro atoms. The summed E-state index contributed by atoms with van der Waals surface area (Å²) in [5.41, 5.74) is 2.03. The quantitative estimate of drug-likeness (QED) is 0.911. The van der Waals surface area contributed by atoms with Gasteiger partial charge in [0.25, 0.3) is 0 Å². The van der Waals surface area contributed by atoms with Crippen molar-refractivity contribution < 1.29 is 4.79 Å². The van der Waals surface area contributed by atoms with E-state index in [4.69, 9.17) is 0 Å². The maximum absolute atomic E-state index is 12.1. The summed E-state index contributed by atoms with van der Waals surface area (Å²) in [5, 5.41) is 3.01. The molecule has 0 bridgehead atoms. The topological polar surface area (TPSA) is 32.3 Å². The number of nitrogens with zero attached hydrogens (tertiary/aromatic N) is 1. The first-order valence-electron chi connectivity index (χ1n) is 6.33. The van der Waals surface area contributed by atoms with Gasteiger partial charge in [-0.25, -0.2) is 0 Å². The maximum atomic E-state index is 12.1. The third kappa shape index (κ3) is 3.42. The van der Waals surface area contributed by atoms with Crippen molar-refractivity contribution in [3.05, 3.63) is 24.3 Å². The van der Waals surface area contributed by atoms with Gasteiger partial charge in [-0.2, -0.15) is 11.8 Å². The van der Waals surface area contributed by atoms with E-state index in [0.29, 0.717) is 0 Å². The number of rotatable bonds is 3. The van der Waals surface area contributed by atoms with Gasteiger partial charge >= 0.3 is 0 Å². The van der Waals surface area contributed by atoms with Crippen LogP contribution in [0.5, 0.6) is 0 Å². The average Bonchev–Trinajstić information content (AvgIpc) is 2.40. The van der Waals surface area contributed by atoms with Crippen LogP contribution in [-0.2, 0) is 4.79 Å². The number of carbonyl (C=O) groups excluding carboxylic acids is 1. The van der Waals surface area contributed by atoms with E-state index in [1.807, 2.05) is 55.0 Å². The van der Waals surface area contributed by atoms with Gasteiger partial charge in [0, 0.05) is 37.1 Å². The molecule has 98 valence electrons. The molecule has 0 aliphatic carbocycles. The van der Waals surface area contributed by atoms with E-state index in [-0.39, 0.29) is 11.8 Å². The fraction of sp³-hybridized carbons (Fsp3) is 0.500. The third-order valence-corrected chi connectivity index (χ3v) is 4.40. The highest BCUT2D eigenvalue weighted by Gasteiger charge is 2.21. The number of benzene rings is 1. The molecule has 1 saturated heterocycles. The molecule has 1 N–H and O–H groups in total. The summed E-state index contributed by atoms with van der Waals surface area (Å²) in [4.78, 5) is 14.1. The lowest BCUT2D eigenvalue weighted by molar-refractivity contribution is -0.119. The third-order valence-electron chi connectivity index (χ3n) is 3.18. The van der Waals surface area contributed by atoms with Crippen molar-refractivity contribution in [2.45, 2.75) is 12.8 Å². The second kappa shape index (κ2) is 6.14. The van der Waals surface area contributed by atoms with Crippen LogP contribution in [0.1, 0.15) is 12.8 Å². The Labute approximate surface area is 113 Å². The standard InChI is InChI=1S/C14H20N2OS/c1-16(2)13-7-5-12(6-8-13)15-14(17)11-4-3-9-18-10-11/h5-8,11H,3-4,9-10H2,1-2H3,(H,15,17). The predicted molar refractivity (Wildman–Crippen MR) is 79.4 cm³/mol. The molecule has 2 rings (SSSR count). The normalized spacial score (nSPS) is 19.3. The molecule has 1 aromatic rings. The molecule has 0 aromatic heterocycles. The zero-order valence-corrected chi connectivity index (χ0v) is 11.8. The van der Waals surface area contributed by atoms with Gasteiger partial charge in [-0.15, -0.1) is 0 Å². The van der Waals surface area contributed by atoms with Crippen molar-refractivity contribution in [2.75, 3.05) is 35.8 Å². The minimum absolute atomic E-state index is 0.166. The Morgan fingerprint density at radius 1 is 1.33 bits per heavy atom. The fourth-order valence-corrected chi connectivity index (χ4v) is 3.17. The molecule has 1 aliphatic rings. The minimum atomic E-state index is 0.166. The van der Waals surface area contributed by atoms with Gasteiger partial charge in [0.15, 0.2) is 0 Å². The molecule has 0 radical (unpaired) electrons. The van der Waals surface area contributed by atoms with E-state index in [1.54, 1.807) is 0 Å². The summed E-state index contributed by atoms with van der Waals surface area (Å²) in [7, 11) is 4.01.